The molecule has 0 N–H and O–H groups in total. The molecule has 3 nitrogen and oxygen atoms in total. The molecule has 2 aromatic heterocycles. The third-order valence-electron chi connectivity index (χ3n) is 2.74. The highest BCUT2D eigenvalue weighted by Gasteiger charge is 2.12. The van der Waals surface area contributed by atoms with E-state index in [4.69, 9.17) is 0 Å². The second kappa shape index (κ2) is 3.74. The van der Waals surface area contributed by atoms with Crippen molar-refractivity contribution in [3.05, 3.63) is 35.3 Å². The lowest BCUT2D eigenvalue weighted by atomic mass is 10.0. The van der Waals surface area contributed by atoms with E-state index < -0.39 is 0 Å². The number of Topliss-reactive ketones (excluding diaryl/α,β-unsaturated/α-hetero) is 1. The van der Waals surface area contributed by atoms with E-state index in [1.165, 1.54) is 0 Å². The molecule has 3 heteroatoms. The van der Waals surface area contributed by atoms with Crippen LogP contribution in [0.5, 0.6) is 0 Å². The zero-order valence-corrected chi connectivity index (χ0v) is 10.1. The Morgan fingerprint density at radius 2 is 2.06 bits per heavy atom. The molecule has 2 heterocycles. The number of hydrogen-bond acceptors (Lipinski definition) is 2. The van der Waals surface area contributed by atoms with Crippen molar-refractivity contribution in [1.29, 1.82) is 0 Å². The number of ketones is 1. The van der Waals surface area contributed by atoms with Crippen LogP contribution in [0.25, 0.3) is 5.65 Å². The molecule has 0 saturated carbocycles. The minimum absolute atomic E-state index is 0.0677. The Bertz CT molecular complexity index is 552. The van der Waals surface area contributed by atoms with Gasteiger partial charge in [0, 0.05) is 12.4 Å². The predicted molar refractivity (Wildman–Crippen MR) is 64.0 cm³/mol. The van der Waals surface area contributed by atoms with Gasteiger partial charge in [-0.15, -0.1) is 0 Å². The van der Waals surface area contributed by atoms with Crippen molar-refractivity contribution in [3.8, 4) is 0 Å². The van der Waals surface area contributed by atoms with Crippen LogP contribution in [0.15, 0.2) is 18.5 Å². The van der Waals surface area contributed by atoms with Gasteiger partial charge in [0.05, 0.1) is 11.3 Å². The molecule has 0 saturated heterocycles. The van der Waals surface area contributed by atoms with Gasteiger partial charge >= 0.3 is 0 Å². The lowest BCUT2D eigenvalue weighted by Gasteiger charge is -2.08. The van der Waals surface area contributed by atoms with Gasteiger partial charge in [0.15, 0.2) is 5.78 Å². The summed E-state index contributed by atoms with van der Waals surface area (Å²) in [6.07, 6.45) is 4.00. The zero-order chi connectivity index (χ0) is 11.9. The molecule has 0 amide bonds. The van der Waals surface area contributed by atoms with Crippen LogP contribution in [0.2, 0.25) is 0 Å². The van der Waals surface area contributed by atoms with Crippen LogP contribution >= 0.6 is 0 Å². The van der Waals surface area contributed by atoms with E-state index >= 15 is 0 Å². The summed E-state index contributed by atoms with van der Waals surface area (Å²) in [5.41, 5.74) is 3.56. The summed E-state index contributed by atoms with van der Waals surface area (Å²) in [7, 11) is 0. The van der Waals surface area contributed by atoms with E-state index in [0.29, 0.717) is 11.5 Å². The van der Waals surface area contributed by atoms with Crippen LogP contribution in [0.4, 0.5) is 0 Å². The molecule has 0 aliphatic heterocycles. The average Bonchev–Trinajstić information content (AvgIpc) is 2.55. The number of hydrogen-bond donors (Lipinski definition) is 0. The van der Waals surface area contributed by atoms with E-state index in [-0.39, 0.29) is 5.78 Å². The van der Waals surface area contributed by atoms with Crippen LogP contribution in [0.3, 0.4) is 0 Å². The third-order valence-corrected chi connectivity index (χ3v) is 2.74. The first-order valence-electron chi connectivity index (χ1n) is 5.49. The minimum atomic E-state index is 0.0677. The van der Waals surface area contributed by atoms with Crippen molar-refractivity contribution < 1.29 is 4.79 Å². The van der Waals surface area contributed by atoms with Crippen LogP contribution in [0, 0.1) is 6.92 Å². The number of aryl methyl sites for hydroxylation is 1. The third kappa shape index (κ3) is 1.73. The highest BCUT2D eigenvalue weighted by molar-refractivity contribution is 5.99. The van der Waals surface area contributed by atoms with Gasteiger partial charge < -0.3 is 4.40 Å². The number of fused-ring (bicyclic) bond motifs is 1. The van der Waals surface area contributed by atoms with Gasteiger partial charge in [0.1, 0.15) is 5.65 Å². The fraction of sp³-hybridized carbons (Fsp3) is 0.385. The fourth-order valence-electron chi connectivity index (χ4n) is 1.82. The topological polar surface area (TPSA) is 34.4 Å². The van der Waals surface area contributed by atoms with Gasteiger partial charge in [0.2, 0.25) is 0 Å². The van der Waals surface area contributed by atoms with E-state index in [2.05, 4.69) is 18.8 Å². The predicted octanol–water partition coefficient (Wildman–Crippen LogP) is 2.97. The summed E-state index contributed by atoms with van der Waals surface area (Å²) in [6, 6.07) is 1.95. The van der Waals surface area contributed by atoms with E-state index in [1.807, 2.05) is 29.8 Å². The van der Waals surface area contributed by atoms with Gasteiger partial charge in [0.25, 0.3) is 0 Å². The molecule has 2 aromatic rings. The Hall–Kier alpha value is -1.64. The largest absolute Gasteiger partial charge is 0.306 e. The summed E-state index contributed by atoms with van der Waals surface area (Å²) < 4.78 is 1.95. The Morgan fingerprint density at radius 1 is 1.38 bits per heavy atom. The van der Waals surface area contributed by atoms with Crippen molar-refractivity contribution in [2.45, 2.75) is 33.6 Å². The lowest BCUT2D eigenvalue weighted by Crippen LogP contribution is -2.01. The summed E-state index contributed by atoms with van der Waals surface area (Å²) in [4.78, 5) is 16.0. The summed E-state index contributed by atoms with van der Waals surface area (Å²) in [5.74, 6) is 0.475. The number of carbonyl (C=O) groups excluding carboxylic acids is 1. The van der Waals surface area contributed by atoms with Crippen molar-refractivity contribution in [1.82, 2.24) is 9.38 Å². The van der Waals surface area contributed by atoms with E-state index in [0.717, 1.165) is 16.9 Å². The highest BCUT2D eigenvalue weighted by Crippen LogP contribution is 2.20. The Labute approximate surface area is 95.1 Å². The molecule has 0 aromatic carbocycles. The second-order valence-corrected chi connectivity index (χ2v) is 4.51. The summed E-state index contributed by atoms with van der Waals surface area (Å²) in [6.45, 7) is 7.76. The van der Waals surface area contributed by atoms with Gasteiger partial charge in [-0.05, 0) is 31.4 Å². The number of nitrogens with zero attached hydrogens (tertiary/aromatic N) is 2. The molecule has 0 aliphatic rings. The fourth-order valence-corrected chi connectivity index (χ4v) is 1.82. The summed E-state index contributed by atoms with van der Waals surface area (Å²) in [5, 5.41) is 0. The maximum absolute atomic E-state index is 11.6. The van der Waals surface area contributed by atoms with Crippen LogP contribution < -0.4 is 0 Å². The van der Waals surface area contributed by atoms with Crippen molar-refractivity contribution in [3.63, 3.8) is 0 Å². The van der Waals surface area contributed by atoms with Crippen LogP contribution in [-0.4, -0.2) is 15.2 Å². The Balaban J connectivity index is 2.78. The molecular weight excluding hydrogens is 200 g/mol. The normalized spacial score (nSPS) is 11.3. The number of rotatable bonds is 2. The second-order valence-electron chi connectivity index (χ2n) is 4.51. The van der Waals surface area contributed by atoms with Gasteiger partial charge in [-0.25, -0.2) is 4.98 Å². The molecule has 0 unspecified atom stereocenters. The van der Waals surface area contributed by atoms with Gasteiger partial charge in [-0.2, -0.15) is 0 Å². The number of carbonyl (C=O) groups is 1. The number of aromatic nitrogens is 2. The molecule has 84 valence electrons. The quantitative estimate of drug-likeness (QED) is 0.723. The maximum atomic E-state index is 11.6. The number of imidazole rings is 1. The molecule has 0 spiro atoms. The van der Waals surface area contributed by atoms with Gasteiger partial charge in [-0.3, -0.25) is 4.79 Å². The Kier molecular flexibility index (Phi) is 2.54. The zero-order valence-electron chi connectivity index (χ0n) is 10.1. The molecule has 16 heavy (non-hydrogen) atoms. The van der Waals surface area contributed by atoms with Crippen molar-refractivity contribution >= 4 is 11.4 Å². The molecule has 0 atom stereocenters. The molecule has 0 bridgehead atoms. The lowest BCUT2D eigenvalue weighted by molar-refractivity contribution is 0.101. The van der Waals surface area contributed by atoms with Gasteiger partial charge in [-0.1, -0.05) is 13.8 Å². The first-order valence-corrected chi connectivity index (χ1v) is 5.49. The molecular formula is C13H16N2O. The minimum Gasteiger partial charge on any atom is -0.306 e. The average molecular weight is 216 g/mol. The molecule has 0 radical (unpaired) electrons. The first-order chi connectivity index (χ1) is 7.49. The van der Waals surface area contributed by atoms with Crippen LogP contribution in [0.1, 0.15) is 48.3 Å². The molecule has 2 rings (SSSR count). The number of pyridine rings is 1. The Morgan fingerprint density at radius 3 is 2.62 bits per heavy atom. The standard InChI is InChI=1S/C13H16N2O/c1-8(2)11-5-12(10(4)16)13-14-9(3)6-15(13)7-11/h5-8H,1-4H3. The smallest absolute Gasteiger partial charge is 0.163 e. The molecule has 0 fully saturated rings. The maximum Gasteiger partial charge on any atom is 0.163 e. The first kappa shape index (κ1) is 10.9. The van der Waals surface area contributed by atoms with E-state index in [1.54, 1.807) is 6.92 Å². The highest BCUT2D eigenvalue weighted by atomic mass is 16.1. The van der Waals surface area contributed by atoms with Crippen molar-refractivity contribution in [2.24, 2.45) is 0 Å². The monoisotopic (exact) mass is 216 g/mol. The van der Waals surface area contributed by atoms with Crippen LogP contribution in [-0.2, 0) is 0 Å². The summed E-state index contributed by atoms with van der Waals surface area (Å²) >= 11 is 0. The molecule has 0 aliphatic carbocycles. The van der Waals surface area contributed by atoms with E-state index in [9.17, 15) is 4.79 Å². The van der Waals surface area contributed by atoms with Crippen molar-refractivity contribution in [2.75, 3.05) is 0 Å². The SMILES string of the molecule is CC(=O)c1cc(C(C)C)cn2cc(C)nc12.